The third kappa shape index (κ3) is 8.33. The van der Waals surface area contributed by atoms with Crippen LogP contribution in [0.2, 0.25) is 0 Å². The van der Waals surface area contributed by atoms with Gasteiger partial charge in [0.15, 0.2) is 0 Å². The average Bonchev–Trinajstić information content (AvgIpc) is 3.48. The summed E-state index contributed by atoms with van der Waals surface area (Å²) in [5.41, 5.74) is 0.437. The van der Waals surface area contributed by atoms with Gasteiger partial charge in [-0.25, -0.2) is 9.37 Å². The molecule has 20 heteroatoms. The number of ether oxygens (including phenoxy) is 1. The zero-order valence-corrected chi connectivity index (χ0v) is 34.0. The van der Waals surface area contributed by atoms with Crippen LogP contribution in [0.15, 0.2) is 42.6 Å². The van der Waals surface area contributed by atoms with E-state index < -0.39 is 41.9 Å². The van der Waals surface area contributed by atoms with Crippen LogP contribution in [0.25, 0.3) is 0 Å². The molecule has 7 aliphatic rings. The van der Waals surface area contributed by atoms with Crippen LogP contribution in [0.5, 0.6) is 5.75 Å². The van der Waals surface area contributed by atoms with Crippen molar-refractivity contribution in [1.82, 2.24) is 30.4 Å². The molecule has 3 aliphatic heterocycles. The Kier molecular flexibility index (Phi) is 10.9. The summed E-state index contributed by atoms with van der Waals surface area (Å²) in [4.78, 5) is 77.1. The van der Waals surface area contributed by atoms with Crippen LogP contribution in [-0.2, 0) is 20.9 Å². The number of hydrogen-bond donors (Lipinski definition) is 4. The van der Waals surface area contributed by atoms with E-state index in [0.29, 0.717) is 56.3 Å². The van der Waals surface area contributed by atoms with Crippen molar-refractivity contribution in [3.05, 3.63) is 70.7 Å². The second-order valence-electron chi connectivity index (χ2n) is 17.5. The number of nitrogens with zero attached hydrogens (tertiary/aromatic N) is 6. The predicted molar refractivity (Wildman–Crippen MR) is 215 cm³/mol. The molecule has 5 amide bonds. The molecule has 4 bridgehead atoms. The van der Waals surface area contributed by atoms with Crippen LogP contribution in [0.4, 0.5) is 35.0 Å². The summed E-state index contributed by atoms with van der Waals surface area (Å²) in [7, 11) is 0. The van der Waals surface area contributed by atoms with Gasteiger partial charge in [-0.05, 0) is 79.9 Å². The molecule has 63 heavy (non-hydrogen) atoms. The Hall–Kier alpha value is -6.36. The van der Waals surface area contributed by atoms with Crippen LogP contribution in [-0.4, -0.2) is 107 Å². The number of alkyl halides is 3. The topological polar surface area (TPSA) is 202 Å². The van der Waals surface area contributed by atoms with E-state index in [4.69, 9.17) is 0 Å². The minimum absolute atomic E-state index is 0.00723. The Balaban J connectivity index is 0.775. The Morgan fingerprint density at radius 3 is 2.40 bits per heavy atom. The van der Waals surface area contributed by atoms with Gasteiger partial charge in [-0.1, -0.05) is 18.2 Å². The average molecular weight is 873 g/mol. The lowest BCUT2D eigenvalue weighted by molar-refractivity contribution is -0.274. The molecule has 6 atom stereocenters. The van der Waals surface area contributed by atoms with Crippen molar-refractivity contribution >= 4 is 47.0 Å². The van der Waals surface area contributed by atoms with Gasteiger partial charge in [0, 0.05) is 57.3 Å². The summed E-state index contributed by atoms with van der Waals surface area (Å²) in [6.07, 6.45) is 1.50. The maximum absolute atomic E-state index is 15.5. The molecule has 1 aromatic heterocycles. The van der Waals surface area contributed by atoms with Gasteiger partial charge in [-0.3, -0.25) is 34.2 Å². The predicted octanol–water partition coefficient (Wildman–Crippen LogP) is 3.94. The maximum atomic E-state index is 15.5. The van der Waals surface area contributed by atoms with Crippen molar-refractivity contribution in [2.24, 2.45) is 23.2 Å². The molecule has 0 spiro atoms. The van der Waals surface area contributed by atoms with E-state index >= 15 is 4.39 Å². The van der Waals surface area contributed by atoms with Gasteiger partial charge in [0.2, 0.25) is 23.7 Å². The van der Waals surface area contributed by atoms with E-state index in [0.717, 1.165) is 43.1 Å². The summed E-state index contributed by atoms with van der Waals surface area (Å²) >= 11 is 0. The fourth-order valence-corrected chi connectivity index (χ4v) is 11.0. The van der Waals surface area contributed by atoms with Crippen molar-refractivity contribution in [3.63, 3.8) is 0 Å². The van der Waals surface area contributed by atoms with Gasteiger partial charge in [0.1, 0.15) is 35.1 Å². The Bertz CT molecular complexity index is 2400. The minimum atomic E-state index is -4.85. The van der Waals surface area contributed by atoms with Gasteiger partial charge in [-0.15, -0.1) is 13.2 Å². The first-order valence-corrected chi connectivity index (χ1v) is 21.1. The normalized spacial score (nSPS) is 26.4. The summed E-state index contributed by atoms with van der Waals surface area (Å²) in [6.45, 7) is 1.94. The summed E-state index contributed by atoms with van der Waals surface area (Å²) in [5.74, 6) is -2.11. The SMILES string of the molecule is N#Cc1cnc(NCc2ccccc2OC(F)(F)F)nc1NCC12CC3C[C@H](C1)C(NCC(=O)N1CCN(c4cc5c(cc4F)C(=O)N(C4CCC(=O)NC4=O)C5=O)CC1)[C@@H](C3)C2. The van der Waals surface area contributed by atoms with Crippen LogP contribution in [0.3, 0.4) is 0 Å². The Morgan fingerprint density at radius 1 is 0.984 bits per heavy atom. The van der Waals surface area contributed by atoms with Crippen LogP contribution >= 0.6 is 0 Å². The molecule has 4 N–H and O–H groups in total. The monoisotopic (exact) mass is 872 g/mol. The van der Waals surface area contributed by atoms with Crippen LogP contribution < -0.4 is 30.9 Å². The molecule has 4 saturated carbocycles. The number of halogens is 4. The number of aromatic nitrogens is 2. The smallest absolute Gasteiger partial charge is 0.405 e. The highest BCUT2D eigenvalue weighted by molar-refractivity contribution is 6.23. The third-order valence-electron chi connectivity index (χ3n) is 13.5. The standard InChI is InChI=1S/C43H44F4N10O6/c44-30-13-28-29(40(62)57(39(28)61)31-5-6-34(58)53-38(31)60)14-32(30)55-7-9-56(10-8-55)35(59)21-49-36-25-11-23-12-26(36)17-42(15-23,16-25)22-52-37-27(18-48)20-51-41(54-37)50-19-24-3-1-2-4-33(24)63-43(45,46)47/h1-4,13-14,20,23,25-26,31,36,49H,5-12,15-17,19,21-22H2,(H,53,58,60)(H2,50,51,52,54)/t23?,25-,26+,31?,36?,42?. The number of anilines is 3. The van der Waals surface area contributed by atoms with Crippen LogP contribution in [0.1, 0.15) is 76.8 Å². The fourth-order valence-electron chi connectivity index (χ4n) is 11.0. The molecule has 2 aromatic carbocycles. The van der Waals surface area contributed by atoms with E-state index in [1.54, 1.807) is 15.9 Å². The number of nitriles is 1. The number of para-hydroxylation sites is 1. The number of piperidine rings is 1. The van der Waals surface area contributed by atoms with Crippen molar-refractivity contribution < 1.29 is 46.3 Å². The lowest BCUT2D eigenvalue weighted by Crippen LogP contribution is -2.61. The zero-order chi connectivity index (χ0) is 44.2. The highest BCUT2D eigenvalue weighted by Crippen LogP contribution is 2.60. The van der Waals surface area contributed by atoms with E-state index in [1.165, 1.54) is 30.5 Å². The number of fused-ring (bicyclic) bond motifs is 1. The molecule has 330 valence electrons. The fraction of sp³-hybridized carbons (Fsp3) is 0.488. The highest BCUT2D eigenvalue weighted by atomic mass is 19.4. The number of carbonyl (C=O) groups excluding carboxylic acids is 5. The lowest BCUT2D eigenvalue weighted by atomic mass is 9.48. The summed E-state index contributed by atoms with van der Waals surface area (Å²) in [5, 5.41) is 21.9. The molecule has 10 rings (SSSR count). The molecule has 6 fully saturated rings. The molecular weight excluding hydrogens is 829 g/mol. The molecule has 4 aliphatic carbocycles. The second kappa shape index (κ2) is 16.4. The number of nitrogens with one attached hydrogen (secondary N) is 4. The van der Waals surface area contributed by atoms with Crippen molar-refractivity contribution in [1.29, 1.82) is 5.26 Å². The molecule has 4 unspecified atom stereocenters. The summed E-state index contributed by atoms with van der Waals surface area (Å²) in [6, 6.07) is 9.25. The quantitative estimate of drug-likeness (QED) is 0.151. The maximum Gasteiger partial charge on any atom is 0.573 e. The van der Waals surface area contributed by atoms with Crippen molar-refractivity contribution in [2.75, 3.05) is 54.8 Å². The number of benzene rings is 2. The Labute approximate surface area is 358 Å². The molecule has 0 radical (unpaired) electrons. The van der Waals surface area contributed by atoms with Crippen molar-refractivity contribution in [3.8, 4) is 11.8 Å². The summed E-state index contributed by atoms with van der Waals surface area (Å²) < 4.78 is 58.5. The lowest BCUT2D eigenvalue weighted by Gasteiger charge is -2.60. The molecular formula is C43H44F4N10O6. The number of hydrogen-bond acceptors (Lipinski definition) is 13. The van der Waals surface area contributed by atoms with Crippen molar-refractivity contribution in [2.45, 2.75) is 69.9 Å². The third-order valence-corrected chi connectivity index (χ3v) is 13.5. The first-order chi connectivity index (χ1) is 30.2. The number of rotatable bonds is 12. The molecule has 2 saturated heterocycles. The van der Waals surface area contributed by atoms with E-state index in [2.05, 4.69) is 42.0 Å². The zero-order valence-electron chi connectivity index (χ0n) is 34.0. The number of piperazine rings is 1. The van der Waals surface area contributed by atoms with E-state index in [1.807, 2.05) is 0 Å². The first kappa shape index (κ1) is 42.0. The molecule has 4 heterocycles. The highest BCUT2D eigenvalue weighted by Gasteiger charge is 2.55. The number of imide groups is 2. The number of amides is 5. The second-order valence-corrected chi connectivity index (χ2v) is 17.5. The van der Waals surface area contributed by atoms with E-state index in [-0.39, 0.29) is 82.9 Å². The number of carbonyl (C=O) groups is 5. The van der Waals surface area contributed by atoms with Gasteiger partial charge in [0.05, 0.1) is 29.6 Å². The van der Waals surface area contributed by atoms with Gasteiger partial charge in [-0.2, -0.15) is 10.2 Å². The van der Waals surface area contributed by atoms with Gasteiger partial charge in [0.25, 0.3) is 11.8 Å². The molecule has 16 nitrogen and oxygen atoms in total. The Morgan fingerprint density at radius 2 is 1.70 bits per heavy atom. The van der Waals surface area contributed by atoms with Gasteiger partial charge >= 0.3 is 6.36 Å². The van der Waals surface area contributed by atoms with Crippen LogP contribution in [0, 0.1) is 40.3 Å². The first-order valence-electron chi connectivity index (χ1n) is 21.1. The largest absolute Gasteiger partial charge is 0.573 e. The molecule has 3 aromatic rings. The van der Waals surface area contributed by atoms with Gasteiger partial charge < -0.3 is 30.5 Å². The minimum Gasteiger partial charge on any atom is -0.405 e. The van der Waals surface area contributed by atoms with E-state index in [9.17, 15) is 42.4 Å².